The number of rotatable bonds is 8. The molecule has 0 unspecified atom stereocenters. The molecule has 30 heavy (non-hydrogen) atoms. The summed E-state index contributed by atoms with van der Waals surface area (Å²) >= 11 is 5.94. The first kappa shape index (κ1) is 21.6. The molecule has 0 radical (unpaired) electrons. The average Bonchev–Trinajstić information content (AvgIpc) is 3.19. The first-order valence-electron chi connectivity index (χ1n) is 8.57. The molecule has 0 amide bonds. The zero-order valence-corrected chi connectivity index (χ0v) is 16.7. The summed E-state index contributed by atoms with van der Waals surface area (Å²) in [5.74, 6) is 1.57. The number of methoxy groups -OCH3 is 2. The van der Waals surface area contributed by atoms with Crippen molar-refractivity contribution < 1.29 is 31.9 Å². The van der Waals surface area contributed by atoms with E-state index in [4.69, 9.17) is 30.3 Å². The number of nitrogens with one attached hydrogen (secondary N) is 1. The Hall–Kier alpha value is -3.14. The van der Waals surface area contributed by atoms with Gasteiger partial charge in [-0.25, -0.2) is 0 Å². The van der Waals surface area contributed by atoms with Crippen molar-refractivity contribution in [1.82, 2.24) is 10.1 Å². The Morgan fingerprint density at radius 2 is 1.87 bits per heavy atom. The minimum absolute atomic E-state index is 0.00622. The number of ether oxygens (including phenoxy) is 3. The second-order valence-electron chi connectivity index (χ2n) is 5.98. The minimum atomic E-state index is -4.46. The Bertz CT molecular complexity index is 1010. The molecule has 1 N–H and O–H groups in total. The molecule has 1 heterocycles. The van der Waals surface area contributed by atoms with Crippen molar-refractivity contribution in [2.45, 2.75) is 12.7 Å². The number of hydrogen-bond acceptors (Lipinski definition) is 7. The van der Waals surface area contributed by atoms with E-state index in [-0.39, 0.29) is 29.7 Å². The predicted octanol–water partition coefficient (Wildman–Crippen LogP) is 4.96. The number of anilines is 1. The van der Waals surface area contributed by atoms with E-state index in [9.17, 15) is 13.2 Å². The lowest BCUT2D eigenvalue weighted by atomic mass is 10.2. The standard InChI is InChI=1S/C19H17ClF3N3O4/c1-27-12-4-5-13(16(8-12)28-2)18-25-17(30-26-18)9-24-14-7-11(20)3-6-15(14)29-10-19(21,22)23/h3-8,24H,9-10H2,1-2H3. The Morgan fingerprint density at radius 3 is 2.57 bits per heavy atom. The third-order valence-corrected chi connectivity index (χ3v) is 4.12. The van der Waals surface area contributed by atoms with E-state index in [0.717, 1.165) is 0 Å². The van der Waals surface area contributed by atoms with Crippen LogP contribution in [0.15, 0.2) is 40.9 Å². The molecule has 7 nitrogen and oxygen atoms in total. The quantitative estimate of drug-likeness (QED) is 0.527. The van der Waals surface area contributed by atoms with Crippen LogP contribution in [-0.2, 0) is 6.54 Å². The molecule has 0 aliphatic carbocycles. The summed E-state index contributed by atoms with van der Waals surface area (Å²) in [6.07, 6.45) is -4.46. The lowest BCUT2D eigenvalue weighted by molar-refractivity contribution is -0.153. The van der Waals surface area contributed by atoms with Gasteiger partial charge in [0.1, 0.15) is 17.2 Å². The summed E-state index contributed by atoms with van der Waals surface area (Å²) in [6.45, 7) is -1.39. The van der Waals surface area contributed by atoms with Crippen LogP contribution in [0.5, 0.6) is 17.2 Å². The molecule has 1 aromatic heterocycles. The summed E-state index contributed by atoms with van der Waals surface area (Å²) in [4.78, 5) is 4.28. The smallest absolute Gasteiger partial charge is 0.422 e. The van der Waals surface area contributed by atoms with Crippen molar-refractivity contribution in [1.29, 1.82) is 0 Å². The van der Waals surface area contributed by atoms with Crippen LogP contribution in [-0.4, -0.2) is 37.1 Å². The molecule has 2 aromatic carbocycles. The fourth-order valence-electron chi connectivity index (χ4n) is 2.52. The summed E-state index contributed by atoms with van der Waals surface area (Å²) in [6, 6.07) is 9.34. The molecule has 0 fully saturated rings. The highest BCUT2D eigenvalue weighted by atomic mass is 35.5. The lowest BCUT2D eigenvalue weighted by Gasteiger charge is -2.14. The van der Waals surface area contributed by atoms with Crippen molar-refractivity contribution in [3.05, 3.63) is 47.3 Å². The SMILES string of the molecule is COc1ccc(-c2noc(CNc3cc(Cl)ccc3OCC(F)(F)F)n2)c(OC)c1. The number of benzene rings is 2. The van der Waals surface area contributed by atoms with Gasteiger partial charge in [-0.15, -0.1) is 0 Å². The molecule has 0 spiro atoms. The fourth-order valence-corrected chi connectivity index (χ4v) is 2.69. The van der Waals surface area contributed by atoms with Crippen LogP contribution < -0.4 is 19.5 Å². The average molecular weight is 444 g/mol. The van der Waals surface area contributed by atoms with Crippen LogP contribution >= 0.6 is 11.6 Å². The summed E-state index contributed by atoms with van der Waals surface area (Å²) in [5, 5.41) is 7.14. The van der Waals surface area contributed by atoms with Crippen molar-refractivity contribution in [2.24, 2.45) is 0 Å². The normalized spacial score (nSPS) is 11.3. The maximum Gasteiger partial charge on any atom is 0.422 e. The van der Waals surface area contributed by atoms with Crippen LogP contribution in [0.4, 0.5) is 18.9 Å². The number of nitrogens with zero attached hydrogens (tertiary/aromatic N) is 2. The van der Waals surface area contributed by atoms with Gasteiger partial charge in [-0.2, -0.15) is 18.2 Å². The number of halogens is 4. The molecule has 0 bridgehead atoms. The van der Waals surface area contributed by atoms with Gasteiger partial charge in [-0.3, -0.25) is 0 Å². The first-order valence-corrected chi connectivity index (χ1v) is 8.95. The first-order chi connectivity index (χ1) is 14.3. The summed E-state index contributed by atoms with van der Waals surface area (Å²) in [5.41, 5.74) is 0.846. The van der Waals surface area contributed by atoms with E-state index >= 15 is 0 Å². The topological polar surface area (TPSA) is 78.6 Å². The van der Waals surface area contributed by atoms with Crippen molar-refractivity contribution in [3.8, 4) is 28.6 Å². The highest BCUT2D eigenvalue weighted by Crippen LogP contribution is 2.32. The molecule has 3 aromatic rings. The molecule has 0 aliphatic rings. The maximum absolute atomic E-state index is 12.5. The van der Waals surface area contributed by atoms with Gasteiger partial charge >= 0.3 is 6.18 Å². The maximum atomic E-state index is 12.5. The van der Waals surface area contributed by atoms with E-state index in [1.54, 1.807) is 18.2 Å². The minimum Gasteiger partial charge on any atom is -0.497 e. The second-order valence-corrected chi connectivity index (χ2v) is 6.41. The van der Waals surface area contributed by atoms with E-state index < -0.39 is 12.8 Å². The van der Waals surface area contributed by atoms with E-state index in [2.05, 4.69) is 15.5 Å². The summed E-state index contributed by atoms with van der Waals surface area (Å²) < 4.78 is 57.9. The predicted molar refractivity (Wildman–Crippen MR) is 103 cm³/mol. The second kappa shape index (κ2) is 9.12. The van der Waals surface area contributed by atoms with Crippen LogP contribution in [0.3, 0.4) is 0 Å². The monoisotopic (exact) mass is 443 g/mol. The fraction of sp³-hybridized carbons (Fsp3) is 0.263. The Morgan fingerprint density at radius 1 is 1.07 bits per heavy atom. The van der Waals surface area contributed by atoms with Gasteiger partial charge in [0.25, 0.3) is 0 Å². The van der Waals surface area contributed by atoms with Gasteiger partial charge < -0.3 is 24.1 Å². The highest BCUT2D eigenvalue weighted by molar-refractivity contribution is 6.30. The molecule has 0 atom stereocenters. The third-order valence-electron chi connectivity index (χ3n) is 3.88. The van der Waals surface area contributed by atoms with Crippen LogP contribution in [0.25, 0.3) is 11.4 Å². The zero-order valence-electron chi connectivity index (χ0n) is 15.9. The third kappa shape index (κ3) is 5.47. The zero-order chi connectivity index (χ0) is 21.7. The largest absolute Gasteiger partial charge is 0.497 e. The van der Waals surface area contributed by atoms with Gasteiger partial charge in [0.2, 0.25) is 11.7 Å². The Balaban J connectivity index is 1.74. The van der Waals surface area contributed by atoms with Gasteiger partial charge in [0.15, 0.2) is 6.61 Å². The van der Waals surface area contributed by atoms with Crippen LogP contribution in [0, 0.1) is 0 Å². The van der Waals surface area contributed by atoms with Gasteiger partial charge in [-0.05, 0) is 30.3 Å². The van der Waals surface area contributed by atoms with Crippen molar-refractivity contribution in [2.75, 3.05) is 26.1 Å². The van der Waals surface area contributed by atoms with Gasteiger partial charge in [0, 0.05) is 11.1 Å². The van der Waals surface area contributed by atoms with Crippen LogP contribution in [0.1, 0.15) is 5.89 Å². The van der Waals surface area contributed by atoms with Gasteiger partial charge in [-0.1, -0.05) is 16.8 Å². The molecule has 0 aliphatic heterocycles. The molecule has 0 saturated carbocycles. The molecule has 160 valence electrons. The summed E-state index contributed by atoms with van der Waals surface area (Å²) in [7, 11) is 3.04. The Kier molecular flexibility index (Phi) is 6.56. The van der Waals surface area contributed by atoms with E-state index in [1.165, 1.54) is 32.4 Å². The number of alkyl halides is 3. The molecule has 3 rings (SSSR count). The van der Waals surface area contributed by atoms with Crippen LogP contribution in [0.2, 0.25) is 5.02 Å². The Labute approximate surface area is 174 Å². The number of hydrogen-bond donors (Lipinski definition) is 1. The molecule has 11 heteroatoms. The molecule has 0 saturated heterocycles. The molecular weight excluding hydrogens is 427 g/mol. The highest BCUT2D eigenvalue weighted by Gasteiger charge is 2.29. The van der Waals surface area contributed by atoms with E-state index in [1.807, 2.05) is 0 Å². The van der Waals surface area contributed by atoms with Crippen molar-refractivity contribution >= 4 is 17.3 Å². The number of aromatic nitrogens is 2. The van der Waals surface area contributed by atoms with Crippen molar-refractivity contribution in [3.63, 3.8) is 0 Å². The van der Waals surface area contributed by atoms with E-state index in [0.29, 0.717) is 22.1 Å². The van der Waals surface area contributed by atoms with Gasteiger partial charge in [0.05, 0.1) is 32.0 Å². The molecular formula is C19H17ClF3N3O4. The lowest BCUT2D eigenvalue weighted by Crippen LogP contribution is -2.19.